The zero-order valence-corrected chi connectivity index (χ0v) is 15.3. The Bertz CT molecular complexity index is 706. The van der Waals surface area contributed by atoms with E-state index in [1.165, 1.54) is 6.92 Å². The molecule has 0 bridgehead atoms. The fraction of sp³-hybridized carbons (Fsp3) is 0.0667. The van der Waals surface area contributed by atoms with Crippen molar-refractivity contribution in [2.45, 2.75) is 6.92 Å². The molecule has 3 N–H and O–H groups in total. The summed E-state index contributed by atoms with van der Waals surface area (Å²) in [6.45, 7) is 1.47. The predicted octanol–water partition coefficient (Wildman–Crippen LogP) is 4.71. The Labute approximate surface area is 152 Å². The van der Waals surface area contributed by atoms with Crippen LogP contribution in [0.15, 0.2) is 42.5 Å². The zero-order chi connectivity index (χ0) is 16.1. The second-order valence-electron chi connectivity index (χ2n) is 4.47. The summed E-state index contributed by atoms with van der Waals surface area (Å²) >= 11 is 13.5. The van der Waals surface area contributed by atoms with Crippen LogP contribution in [0.4, 0.5) is 17.1 Å². The minimum atomic E-state index is -0.103. The van der Waals surface area contributed by atoms with Crippen LogP contribution in [0.3, 0.4) is 0 Å². The lowest BCUT2D eigenvalue weighted by Crippen LogP contribution is -2.19. The molecule has 22 heavy (non-hydrogen) atoms. The van der Waals surface area contributed by atoms with E-state index in [9.17, 15) is 4.79 Å². The molecule has 0 atom stereocenters. The Morgan fingerprint density at radius 3 is 2.05 bits per heavy atom. The Kier molecular flexibility index (Phi) is 5.98. The van der Waals surface area contributed by atoms with Gasteiger partial charge in [0.1, 0.15) is 0 Å². The molecule has 0 radical (unpaired) electrons. The largest absolute Gasteiger partial charge is 0.332 e. The Balaban J connectivity index is 1.96. The highest BCUT2D eigenvalue weighted by atomic mass is 127. The van der Waals surface area contributed by atoms with E-state index in [1.54, 1.807) is 12.1 Å². The maximum absolute atomic E-state index is 11.0. The third-order valence-corrected chi connectivity index (χ3v) is 4.42. The second kappa shape index (κ2) is 7.75. The highest BCUT2D eigenvalue weighted by Crippen LogP contribution is 2.22. The van der Waals surface area contributed by atoms with E-state index in [1.807, 2.05) is 30.3 Å². The van der Waals surface area contributed by atoms with Crippen LogP contribution in [0.25, 0.3) is 0 Å². The van der Waals surface area contributed by atoms with Gasteiger partial charge < -0.3 is 16.0 Å². The molecular weight excluding hydrogens is 433 g/mol. The highest BCUT2D eigenvalue weighted by molar-refractivity contribution is 14.1. The van der Waals surface area contributed by atoms with Gasteiger partial charge in [-0.25, -0.2) is 0 Å². The minimum Gasteiger partial charge on any atom is -0.332 e. The van der Waals surface area contributed by atoms with Crippen LogP contribution >= 0.6 is 46.4 Å². The van der Waals surface area contributed by atoms with Gasteiger partial charge in [-0.2, -0.15) is 0 Å². The van der Waals surface area contributed by atoms with Crippen LogP contribution in [0.2, 0.25) is 5.02 Å². The van der Waals surface area contributed by atoms with Crippen LogP contribution in [0, 0.1) is 3.57 Å². The number of hydrogen-bond acceptors (Lipinski definition) is 2. The standard InChI is InChI=1S/C15H13ClIN3OS/c1-9(21)18-10-2-4-11(5-3-10)19-15(22)20-12-6-7-14(17)13(16)8-12/h2-8H,1H3,(H,18,21)(H2,19,20,22). The number of nitrogens with one attached hydrogen (secondary N) is 3. The van der Waals surface area contributed by atoms with Crippen molar-refractivity contribution in [3.63, 3.8) is 0 Å². The molecule has 0 aliphatic rings. The molecule has 0 aliphatic heterocycles. The molecule has 0 aliphatic carbocycles. The molecule has 0 heterocycles. The van der Waals surface area contributed by atoms with Crippen molar-refractivity contribution < 1.29 is 4.79 Å². The van der Waals surface area contributed by atoms with Gasteiger partial charge in [0, 0.05) is 27.6 Å². The summed E-state index contributed by atoms with van der Waals surface area (Å²) in [5.74, 6) is -0.103. The van der Waals surface area contributed by atoms with E-state index >= 15 is 0 Å². The number of thiocarbonyl (C=S) groups is 1. The first-order valence-corrected chi connectivity index (χ1v) is 8.21. The van der Waals surface area contributed by atoms with Crippen molar-refractivity contribution in [2.75, 3.05) is 16.0 Å². The normalized spacial score (nSPS) is 9.95. The lowest BCUT2D eigenvalue weighted by Gasteiger charge is -2.11. The van der Waals surface area contributed by atoms with Gasteiger partial charge in [-0.15, -0.1) is 0 Å². The quantitative estimate of drug-likeness (QED) is 0.473. The van der Waals surface area contributed by atoms with Gasteiger partial charge in [-0.05, 0) is 77.3 Å². The first-order chi connectivity index (χ1) is 10.4. The maximum atomic E-state index is 11.0. The van der Waals surface area contributed by atoms with Crippen LogP contribution < -0.4 is 16.0 Å². The summed E-state index contributed by atoms with van der Waals surface area (Å²) in [4.78, 5) is 11.0. The predicted molar refractivity (Wildman–Crippen MR) is 105 cm³/mol. The fourth-order valence-electron chi connectivity index (χ4n) is 1.71. The van der Waals surface area contributed by atoms with Crippen molar-refractivity contribution in [2.24, 2.45) is 0 Å². The van der Waals surface area contributed by atoms with E-state index in [-0.39, 0.29) is 5.91 Å². The summed E-state index contributed by atoms with van der Waals surface area (Å²) < 4.78 is 0.984. The number of benzene rings is 2. The molecule has 0 saturated heterocycles. The average molecular weight is 446 g/mol. The lowest BCUT2D eigenvalue weighted by atomic mass is 10.3. The Morgan fingerprint density at radius 2 is 1.50 bits per heavy atom. The molecule has 0 fully saturated rings. The minimum absolute atomic E-state index is 0.103. The number of carbonyl (C=O) groups is 1. The number of amides is 1. The smallest absolute Gasteiger partial charge is 0.221 e. The molecule has 0 aromatic heterocycles. The van der Waals surface area contributed by atoms with Gasteiger partial charge in [0.05, 0.1) is 5.02 Å². The fourth-order valence-corrected chi connectivity index (χ4v) is 2.46. The van der Waals surface area contributed by atoms with E-state index < -0.39 is 0 Å². The van der Waals surface area contributed by atoms with Crippen LogP contribution in [-0.4, -0.2) is 11.0 Å². The SMILES string of the molecule is CC(=O)Nc1ccc(NC(=S)Nc2ccc(I)c(Cl)c2)cc1. The first kappa shape index (κ1) is 17.0. The molecule has 4 nitrogen and oxygen atoms in total. The highest BCUT2D eigenvalue weighted by Gasteiger charge is 2.02. The van der Waals surface area contributed by atoms with Gasteiger partial charge in [-0.1, -0.05) is 11.6 Å². The van der Waals surface area contributed by atoms with Gasteiger partial charge in [0.25, 0.3) is 0 Å². The van der Waals surface area contributed by atoms with Crippen molar-refractivity contribution >= 4 is 74.5 Å². The third kappa shape index (κ3) is 5.11. The number of carbonyl (C=O) groups excluding carboxylic acids is 1. The maximum Gasteiger partial charge on any atom is 0.221 e. The van der Waals surface area contributed by atoms with Gasteiger partial charge in [0.2, 0.25) is 5.91 Å². The molecular formula is C15H13ClIN3OS. The molecule has 114 valence electrons. The Morgan fingerprint density at radius 1 is 1.00 bits per heavy atom. The second-order valence-corrected chi connectivity index (χ2v) is 6.44. The van der Waals surface area contributed by atoms with Crippen molar-refractivity contribution in [3.8, 4) is 0 Å². The molecule has 2 aromatic rings. The van der Waals surface area contributed by atoms with Crippen molar-refractivity contribution in [1.82, 2.24) is 0 Å². The molecule has 0 unspecified atom stereocenters. The van der Waals surface area contributed by atoms with Crippen molar-refractivity contribution in [3.05, 3.63) is 51.1 Å². The number of rotatable bonds is 3. The average Bonchev–Trinajstić information content (AvgIpc) is 2.44. The molecule has 1 amide bonds. The summed E-state index contributed by atoms with van der Waals surface area (Å²) in [5.41, 5.74) is 2.38. The topological polar surface area (TPSA) is 53.2 Å². The van der Waals surface area contributed by atoms with E-state index in [0.717, 1.165) is 20.6 Å². The number of anilines is 3. The summed E-state index contributed by atoms with van der Waals surface area (Å²) in [5, 5.41) is 9.98. The Hall–Kier alpha value is -1.38. The monoisotopic (exact) mass is 445 g/mol. The molecule has 0 spiro atoms. The number of hydrogen-bond donors (Lipinski definition) is 3. The van der Waals surface area contributed by atoms with Gasteiger partial charge in [0.15, 0.2) is 5.11 Å². The van der Waals surface area contributed by atoms with Crippen LogP contribution in [-0.2, 0) is 4.79 Å². The van der Waals surface area contributed by atoms with Crippen molar-refractivity contribution in [1.29, 1.82) is 0 Å². The summed E-state index contributed by atoms with van der Waals surface area (Å²) in [6, 6.07) is 12.9. The zero-order valence-electron chi connectivity index (χ0n) is 11.6. The van der Waals surface area contributed by atoms with E-state index in [4.69, 9.17) is 23.8 Å². The first-order valence-electron chi connectivity index (χ1n) is 6.35. The van der Waals surface area contributed by atoms with Crippen LogP contribution in [0.5, 0.6) is 0 Å². The van der Waals surface area contributed by atoms with E-state index in [0.29, 0.717) is 10.1 Å². The molecule has 2 aromatic carbocycles. The lowest BCUT2D eigenvalue weighted by molar-refractivity contribution is -0.114. The molecule has 0 saturated carbocycles. The summed E-state index contributed by atoms with van der Waals surface area (Å²) in [7, 11) is 0. The number of halogens is 2. The summed E-state index contributed by atoms with van der Waals surface area (Å²) in [6.07, 6.45) is 0. The van der Waals surface area contributed by atoms with E-state index in [2.05, 4.69) is 38.5 Å². The molecule has 2 rings (SSSR count). The van der Waals surface area contributed by atoms with Gasteiger partial charge in [-0.3, -0.25) is 4.79 Å². The van der Waals surface area contributed by atoms with Crippen LogP contribution in [0.1, 0.15) is 6.92 Å². The third-order valence-electron chi connectivity index (χ3n) is 2.64. The molecule has 7 heteroatoms. The van der Waals surface area contributed by atoms with Gasteiger partial charge >= 0.3 is 0 Å².